The van der Waals surface area contributed by atoms with Gasteiger partial charge in [-0.3, -0.25) is 4.79 Å². The van der Waals surface area contributed by atoms with Gasteiger partial charge in [-0.1, -0.05) is 17.7 Å². The predicted octanol–water partition coefficient (Wildman–Crippen LogP) is 3.04. The maximum atomic E-state index is 13.3. The number of halogens is 2. The van der Waals surface area contributed by atoms with Crippen molar-refractivity contribution in [3.8, 4) is 0 Å². The molecule has 2 rings (SSSR count). The number of hydrogen-bond donors (Lipinski definition) is 0. The molecule has 1 aliphatic heterocycles. The van der Waals surface area contributed by atoms with Crippen LogP contribution >= 0.6 is 11.6 Å². The highest BCUT2D eigenvalue weighted by molar-refractivity contribution is 6.33. The molecule has 0 N–H and O–H groups in total. The Morgan fingerprint density at radius 1 is 1.52 bits per heavy atom. The van der Waals surface area contributed by atoms with Gasteiger partial charge in [-0.2, -0.15) is 0 Å². The van der Waals surface area contributed by atoms with Crippen LogP contribution in [-0.2, 0) is 9.53 Å². The lowest BCUT2D eigenvalue weighted by atomic mass is 10.2. The van der Waals surface area contributed by atoms with Crippen LogP contribution < -0.4 is 0 Å². The molecule has 21 heavy (non-hydrogen) atoms. The van der Waals surface area contributed by atoms with Crippen LogP contribution in [0.25, 0.3) is 0 Å². The van der Waals surface area contributed by atoms with Crippen molar-refractivity contribution in [2.45, 2.75) is 32.3 Å². The first kappa shape index (κ1) is 15.8. The van der Waals surface area contributed by atoms with Crippen molar-refractivity contribution in [2.75, 3.05) is 13.1 Å². The molecule has 4 nitrogen and oxygen atoms in total. The Morgan fingerprint density at radius 2 is 2.29 bits per heavy atom. The summed E-state index contributed by atoms with van der Waals surface area (Å²) in [6.07, 6.45) is 1.65. The van der Waals surface area contributed by atoms with Crippen molar-refractivity contribution < 1.29 is 18.7 Å². The van der Waals surface area contributed by atoms with Crippen LogP contribution in [0.3, 0.4) is 0 Å². The molecule has 1 aliphatic rings. The third-order valence-corrected chi connectivity index (χ3v) is 3.84. The summed E-state index contributed by atoms with van der Waals surface area (Å²) in [5.41, 5.74) is 0.0146. The molecule has 1 amide bonds. The van der Waals surface area contributed by atoms with Crippen LogP contribution in [0.1, 0.15) is 36.5 Å². The number of ether oxygens (including phenoxy) is 1. The van der Waals surface area contributed by atoms with E-state index in [1.54, 1.807) is 11.8 Å². The minimum atomic E-state index is -0.653. The zero-order valence-corrected chi connectivity index (χ0v) is 12.5. The number of hydrogen-bond acceptors (Lipinski definition) is 3. The number of likely N-dealkylation sites (tertiary alicyclic amines) is 1. The van der Waals surface area contributed by atoms with Crippen molar-refractivity contribution in [3.05, 3.63) is 34.6 Å². The second-order valence-electron chi connectivity index (χ2n) is 5.09. The van der Waals surface area contributed by atoms with E-state index in [0.29, 0.717) is 19.4 Å². The lowest BCUT2D eigenvalue weighted by Gasteiger charge is -2.19. The molecule has 1 saturated heterocycles. The van der Waals surface area contributed by atoms with Gasteiger partial charge < -0.3 is 9.64 Å². The molecule has 1 aromatic rings. The first-order valence-corrected chi connectivity index (χ1v) is 7.29. The molecule has 6 heteroatoms. The molecular weight excluding hydrogens is 297 g/mol. The molecule has 114 valence electrons. The number of esters is 1. The van der Waals surface area contributed by atoms with Crippen LogP contribution in [0.15, 0.2) is 18.2 Å². The highest BCUT2D eigenvalue weighted by atomic mass is 35.5. The average Bonchev–Trinajstić information content (AvgIpc) is 2.85. The lowest BCUT2D eigenvalue weighted by Crippen LogP contribution is -2.29. The predicted molar refractivity (Wildman–Crippen MR) is 76.7 cm³/mol. The Balaban J connectivity index is 1.87. The molecule has 1 fully saturated rings. The van der Waals surface area contributed by atoms with Crippen molar-refractivity contribution in [1.82, 2.24) is 4.90 Å². The monoisotopic (exact) mass is 313 g/mol. The van der Waals surface area contributed by atoms with Gasteiger partial charge in [0.15, 0.2) is 0 Å². The van der Waals surface area contributed by atoms with Gasteiger partial charge >= 0.3 is 5.97 Å². The Labute approximate surface area is 127 Å². The second kappa shape index (κ2) is 6.89. The molecule has 0 aromatic heterocycles. The van der Waals surface area contributed by atoms with Gasteiger partial charge in [0, 0.05) is 25.9 Å². The molecule has 1 atom stereocenters. The average molecular weight is 314 g/mol. The number of nitrogens with zero attached hydrogens (tertiary/aromatic N) is 1. The van der Waals surface area contributed by atoms with Gasteiger partial charge in [-0.05, 0) is 25.5 Å². The van der Waals surface area contributed by atoms with E-state index in [9.17, 15) is 14.0 Å². The fraction of sp³-hybridized carbons (Fsp3) is 0.467. The summed E-state index contributed by atoms with van der Waals surface area (Å²) in [7, 11) is 0. The summed E-state index contributed by atoms with van der Waals surface area (Å²) in [5.74, 6) is -1.16. The molecule has 0 radical (unpaired) electrons. The fourth-order valence-corrected chi connectivity index (χ4v) is 2.45. The molecule has 0 unspecified atom stereocenters. The minimum Gasteiger partial charge on any atom is -0.459 e. The number of benzene rings is 1. The second-order valence-corrected chi connectivity index (χ2v) is 5.47. The quantitative estimate of drug-likeness (QED) is 0.785. The van der Waals surface area contributed by atoms with Gasteiger partial charge in [0.05, 0.1) is 10.6 Å². The molecule has 0 aliphatic carbocycles. The summed E-state index contributed by atoms with van der Waals surface area (Å²) in [5, 5.41) is -0.232. The van der Waals surface area contributed by atoms with Crippen molar-refractivity contribution in [3.63, 3.8) is 0 Å². The van der Waals surface area contributed by atoms with Crippen LogP contribution in [0.2, 0.25) is 5.02 Å². The molecule has 0 spiro atoms. The first-order valence-electron chi connectivity index (χ1n) is 6.92. The molecular formula is C15H17ClFNO3. The summed E-state index contributed by atoms with van der Waals surface area (Å²) >= 11 is 5.74. The van der Waals surface area contributed by atoms with Gasteiger partial charge in [-0.15, -0.1) is 0 Å². The van der Waals surface area contributed by atoms with E-state index in [4.69, 9.17) is 16.3 Å². The van der Waals surface area contributed by atoms with Gasteiger partial charge in [-0.25, -0.2) is 9.18 Å². The SMILES string of the molecule is C[C@@H](CCN1CCCC1=O)OC(=O)c1cccc(F)c1Cl. The Bertz CT molecular complexity index is 550. The van der Waals surface area contributed by atoms with E-state index in [0.717, 1.165) is 13.0 Å². The normalized spacial score (nSPS) is 16.1. The van der Waals surface area contributed by atoms with Gasteiger partial charge in [0.2, 0.25) is 5.91 Å². The van der Waals surface area contributed by atoms with E-state index in [1.165, 1.54) is 18.2 Å². The summed E-state index contributed by atoms with van der Waals surface area (Å²) < 4.78 is 18.5. The number of amides is 1. The molecule has 0 bridgehead atoms. The maximum Gasteiger partial charge on any atom is 0.340 e. The molecule has 1 aromatic carbocycles. The standard InChI is InChI=1S/C15H17ClFNO3/c1-10(7-9-18-8-3-6-13(18)19)21-15(20)11-4-2-5-12(17)14(11)16/h2,4-5,10H,3,6-9H2,1H3/t10-/m0/s1. The summed E-state index contributed by atoms with van der Waals surface area (Å²) in [6.45, 7) is 3.06. The van der Waals surface area contributed by atoms with Crippen molar-refractivity contribution in [2.24, 2.45) is 0 Å². The molecule has 0 saturated carbocycles. The Morgan fingerprint density at radius 3 is 2.95 bits per heavy atom. The van der Waals surface area contributed by atoms with E-state index < -0.39 is 11.8 Å². The highest BCUT2D eigenvalue weighted by Gasteiger charge is 2.22. The van der Waals surface area contributed by atoms with Crippen LogP contribution in [0.5, 0.6) is 0 Å². The summed E-state index contributed by atoms with van der Waals surface area (Å²) in [4.78, 5) is 25.2. The van der Waals surface area contributed by atoms with E-state index >= 15 is 0 Å². The van der Waals surface area contributed by atoms with E-state index in [-0.39, 0.29) is 22.6 Å². The van der Waals surface area contributed by atoms with E-state index in [2.05, 4.69) is 0 Å². The van der Waals surface area contributed by atoms with Crippen LogP contribution in [0.4, 0.5) is 4.39 Å². The zero-order chi connectivity index (χ0) is 15.4. The summed E-state index contributed by atoms with van der Waals surface area (Å²) in [6, 6.07) is 4.01. The zero-order valence-electron chi connectivity index (χ0n) is 11.8. The largest absolute Gasteiger partial charge is 0.459 e. The third-order valence-electron chi connectivity index (χ3n) is 3.46. The van der Waals surface area contributed by atoms with Gasteiger partial charge in [0.25, 0.3) is 0 Å². The number of carbonyl (C=O) groups excluding carboxylic acids is 2. The van der Waals surface area contributed by atoms with Gasteiger partial charge in [0.1, 0.15) is 11.9 Å². The van der Waals surface area contributed by atoms with Crippen LogP contribution in [-0.4, -0.2) is 36.0 Å². The first-order chi connectivity index (χ1) is 9.99. The smallest absolute Gasteiger partial charge is 0.340 e. The topological polar surface area (TPSA) is 46.6 Å². The number of carbonyl (C=O) groups is 2. The number of rotatable bonds is 5. The Kier molecular flexibility index (Phi) is 5.17. The fourth-order valence-electron chi connectivity index (χ4n) is 2.24. The Hall–Kier alpha value is -1.62. The third kappa shape index (κ3) is 3.94. The molecule has 1 heterocycles. The maximum absolute atomic E-state index is 13.3. The van der Waals surface area contributed by atoms with Crippen molar-refractivity contribution >= 4 is 23.5 Å². The lowest BCUT2D eigenvalue weighted by molar-refractivity contribution is -0.127. The van der Waals surface area contributed by atoms with Crippen molar-refractivity contribution in [1.29, 1.82) is 0 Å². The minimum absolute atomic E-state index is 0.0146. The van der Waals surface area contributed by atoms with E-state index in [1.807, 2.05) is 0 Å². The van der Waals surface area contributed by atoms with Crippen LogP contribution in [0, 0.1) is 5.82 Å². The highest BCUT2D eigenvalue weighted by Crippen LogP contribution is 2.21.